The number of hydrogen-bond acceptors (Lipinski definition) is 2. The van der Waals surface area contributed by atoms with Crippen LogP contribution >= 0.6 is 11.6 Å². The van der Waals surface area contributed by atoms with E-state index in [1.54, 1.807) is 4.68 Å². The Kier molecular flexibility index (Phi) is 1.96. The van der Waals surface area contributed by atoms with Crippen molar-refractivity contribution in [3.8, 4) is 0 Å². The van der Waals surface area contributed by atoms with Gasteiger partial charge in [-0.15, -0.1) is 0 Å². The van der Waals surface area contributed by atoms with Gasteiger partial charge in [-0.1, -0.05) is 18.5 Å². The second-order valence-corrected chi connectivity index (χ2v) is 3.38. The SMILES string of the molecule is CCc1cc(Cl)nc2cn(C)nc12. The molecule has 0 bridgehead atoms. The monoisotopic (exact) mass is 195 g/mol. The fraction of sp³-hybridized carbons (Fsp3) is 0.333. The van der Waals surface area contributed by atoms with Crippen LogP contribution in [0.2, 0.25) is 5.15 Å². The maximum atomic E-state index is 5.86. The van der Waals surface area contributed by atoms with Crippen molar-refractivity contribution in [3.63, 3.8) is 0 Å². The van der Waals surface area contributed by atoms with Crippen molar-refractivity contribution in [2.24, 2.45) is 7.05 Å². The fourth-order valence-corrected chi connectivity index (χ4v) is 1.64. The molecule has 0 saturated carbocycles. The first-order chi connectivity index (χ1) is 6.20. The first kappa shape index (κ1) is 8.51. The topological polar surface area (TPSA) is 30.7 Å². The van der Waals surface area contributed by atoms with E-state index in [0.29, 0.717) is 5.15 Å². The van der Waals surface area contributed by atoms with Gasteiger partial charge < -0.3 is 0 Å². The Labute approximate surface area is 81.3 Å². The lowest BCUT2D eigenvalue weighted by Gasteiger charge is -1.97. The summed E-state index contributed by atoms with van der Waals surface area (Å²) >= 11 is 5.86. The second-order valence-electron chi connectivity index (χ2n) is 2.99. The number of pyridine rings is 1. The molecule has 3 nitrogen and oxygen atoms in total. The Hall–Kier alpha value is -1.09. The van der Waals surface area contributed by atoms with Crippen LogP contribution in [-0.2, 0) is 13.5 Å². The summed E-state index contributed by atoms with van der Waals surface area (Å²) in [7, 11) is 1.88. The lowest BCUT2D eigenvalue weighted by atomic mass is 10.2. The predicted octanol–water partition coefficient (Wildman–Crippen LogP) is 2.18. The van der Waals surface area contributed by atoms with Gasteiger partial charge >= 0.3 is 0 Å². The summed E-state index contributed by atoms with van der Waals surface area (Å²) in [6.45, 7) is 2.08. The van der Waals surface area contributed by atoms with Crippen molar-refractivity contribution in [1.29, 1.82) is 0 Å². The van der Waals surface area contributed by atoms with Gasteiger partial charge in [0.05, 0.1) is 6.20 Å². The van der Waals surface area contributed by atoms with E-state index in [2.05, 4.69) is 17.0 Å². The molecular formula is C9H10ClN3. The number of rotatable bonds is 1. The molecule has 0 spiro atoms. The van der Waals surface area contributed by atoms with Crippen molar-refractivity contribution in [2.45, 2.75) is 13.3 Å². The molecule has 68 valence electrons. The molecule has 0 atom stereocenters. The van der Waals surface area contributed by atoms with Crippen LogP contribution in [0.5, 0.6) is 0 Å². The van der Waals surface area contributed by atoms with Gasteiger partial charge in [-0.05, 0) is 18.1 Å². The molecule has 2 heterocycles. The van der Waals surface area contributed by atoms with Crippen LogP contribution in [-0.4, -0.2) is 14.8 Å². The summed E-state index contributed by atoms with van der Waals surface area (Å²) < 4.78 is 1.76. The first-order valence-electron chi connectivity index (χ1n) is 4.19. The minimum atomic E-state index is 0.539. The van der Waals surface area contributed by atoms with Crippen molar-refractivity contribution >= 4 is 22.6 Å². The Morgan fingerprint density at radius 2 is 2.31 bits per heavy atom. The van der Waals surface area contributed by atoms with Crippen LogP contribution in [0.4, 0.5) is 0 Å². The van der Waals surface area contributed by atoms with Gasteiger partial charge in [0.25, 0.3) is 0 Å². The van der Waals surface area contributed by atoms with E-state index < -0.39 is 0 Å². The maximum Gasteiger partial charge on any atom is 0.130 e. The van der Waals surface area contributed by atoms with Crippen molar-refractivity contribution < 1.29 is 0 Å². The highest BCUT2D eigenvalue weighted by molar-refractivity contribution is 6.29. The average molecular weight is 196 g/mol. The molecule has 2 aromatic rings. The number of fused-ring (bicyclic) bond motifs is 1. The number of aromatic nitrogens is 3. The van der Waals surface area contributed by atoms with Crippen molar-refractivity contribution in [1.82, 2.24) is 14.8 Å². The van der Waals surface area contributed by atoms with Gasteiger partial charge in [0, 0.05) is 7.05 Å². The Balaban J connectivity index is 2.80. The van der Waals surface area contributed by atoms with Gasteiger partial charge in [0.15, 0.2) is 0 Å². The standard InChI is InChI=1S/C9H10ClN3/c1-3-6-4-8(10)11-7-5-13(2)12-9(6)7/h4-5H,3H2,1-2H3. The molecule has 0 fully saturated rings. The molecule has 0 amide bonds. The third kappa shape index (κ3) is 1.40. The Morgan fingerprint density at radius 3 is 3.00 bits per heavy atom. The highest BCUT2D eigenvalue weighted by Gasteiger charge is 2.06. The largest absolute Gasteiger partial charge is 0.273 e. The fourth-order valence-electron chi connectivity index (χ4n) is 1.42. The lowest BCUT2D eigenvalue weighted by molar-refractivity contribution is 0.778. The van der Waals surface area contributed by atoms with E-state index >= 15 is 0 Å². The molecule has 2 aromatic heterocycles. The summed E-state index contributed by atoms with van der Waals surface area (Å²) in [5.41, 5.74) is 2.97. The van der Waals surface area contributed by atoms with Crippen LogP contribution < -0.4 is 0 Å². The van der Waals surface area contributed by atoms with Crippen LogP contribution in [0.25, 0.3) is 11.0 Å². The van der Waals surface area contributed by atoms with Gasteiger partial charge in [-0.25, -0.2) is 4.98 Å². The normalized spacial score (nSPS) is 11.0. The molecule has 0 aliphatic heterocycles. The molecule has 4 heteroatoms. The van der Waals surface area contributed by atoms with Crippen LogP contribution in [0, 0.1) is 0 Å². The van der Waals surface area contributed by atoms with E-state index in [0.717, 1.165) is 23.0 Å². The summed E-state index contributed by atoms with van der Waals surface area (Å²) in [4.78, 5) is 4.19. The molecule has 0 radical (unpaired) electrons. The van der Waals surface area contributed by atoms with Gasteiger partial charge in [0.1, 0.15) is 16.2 Å². The molecule has 0 N–H and O–H groups in total. The molecule has 0 aliphatic carbocycles. The summed E-state index contributed by atoms with van der Waals surface area (Å²) in [5, 5.41) is 4.86. The molecule has 13 heavy (non-hydrogen) atoms. The zero-order valence-electron chi connectivity index (χ0n) is 7.58. The quantitative estimate of drug-likeness (QED) is 0.653. The molecule has 0 aliphatic rings. The van der Waals surface area contributed by atoms with Crippen LogP contribution in [0.3, 0.4) is 0 Å². The highest BCUT2D eigenvalue weighted by atomic mass is 35.5. The van der Waals surface area contributed by atoms with E-state index in [-0.39, 0.29) is 0 Å². The zero-order chi connectivity index (χ0) is 9.42. The maximum absolute atomic E-state index is 5.86. The van der Waals surface area contributed by atoms with Crippen molar-refractivity contribution in [2.75, 3.05) is 0 Å². The molecule has 0 aromatic carbocycles. The third-order valence-electron chi connectivity index (χ3n) is 2.02. The molecule has 0 saturated heterocycles. The molecule has 2 rings (SSSR count). The van der Waals surface area contributed by atoms with Crippen LogP contribution in [0.1, 0.15) is 12.5 Å². The van der Waals surface area contributed by atoms with Crippen LogP contribution in [0.15, 0.2) is 12.3 Å². The third-order valence-corrected chi connectivity index (χ3v) is 2.21. The highest BCUT2D eigenvalue weighted by Crippen LogP contribution is 2.19. The van der Waals surface area contributed by atoms with E-state index in [4.69, 9.17) is 11.6 Å². The van der Waals surface area contributed by atoms with E-state index in [1.165, 1.54) is 0 Å². The average Bonchev–Trinajstić information content (AvgIpc) is 2.43. The summed E-state index contributed by atoms with van der Waals surface area (Å²) in [6.07, 6.45) is 2.80. The summed E-state index contributed by atoms with van der Waals surface area (Å²) in [6, 6.07) is 1.87. The minimum Gasteiger partial charge on any atom is -0.273 e. The number of hydrogen-bond donors (Lipinski definition) is 0. The van der Waals surface area contributed by atoms with Gasteiger partial charge in [-0.3, -0.25) is 4.68 Å². The second kappa shape index (κ2) is 3.00. The zero-order valence-corrected chi connectivity index (χ0v) is 8.34. The van der Waals surface area contributed by atoms with E-state index in [9.17, 15) is 0 Å². The summed E-state index contributed by atoms with van der Waals surface area (Å²) in [5.74, 6) is 0. The van der Waals surface area contributed by atoms with Gasteiger partial charge in [-0.2, -0.15) is 5.10 Å². The molecular weight excluding hydrogens is 186 g/mol. The first-order valence-corrected chi connectivity index (χ1v) is 4.57. The Bertz CT molecular complexity index is 447. The number of nitrogens with zero attached hydrogens (tertiary/aromatic N) is 3. The lowest BCUT2D eigenvalue weighted by Crippen LogP contribution is -1.88. The van der Waals surface area contributed by atoms with E-state index in [1.807, 2.05) is 19.3 Å². The van der Waals surface area contributed by atoms with Crippen molar-refractivity contribution in [3.05, 3.63) is 23.0 Å². The van der Waals surface area contributed by atoms with Gasteiger partial charge in [0.2, 0.25) is 0 Å². The number of aryl methyl sites for hydroxylation is 2. The number of halogens is 1. The smallest absolute Gasteiger partial charge is 0.130 e. The Morgan fingerprint density at radius 1 is 1.54 bits per heavy atom. The minimum absolute atomic E-state index is 0.539. The predicted molar refractivity (Wildman–Crippen MR) is 52.9 cm³/mol. The molecule has 0 unspecified atom stereocenters.